The predicted molar refractivity (Wildman–Crippen MR) is 130 cm³/mol. The van der Waals surface area contributed by atoms with E-state index in [1.807, 2.05) is 30.3 Å². The molecular weight excluding hydrogens is 436 g/mol. The Balaban J connectivity index is 1.54. The molecule has 0 radical (unpaired) electrons. The van der Waals surface area contributed by atoms with Crippen molar-refractivity contribution in [3.05, 3.63) is 60.2 Å². The number of sulfonamides is 1. The number of hydrogen-bond acceptors (Lipinski definition) is 4. The number of nitrogens with zero attached hydrogens (tertiary/aromatic N) is 1. The van der Waals surface area contributed by atoms with Gasteiger partial charge in [0.15, 0.2) is 0 Å². The number of piperidine rings is 1. The van der Waals surface area contributed by atoms with Gasteiger partial charge in [-0.15, -0.1) is 0 Å². The molecule has 1 N–H and O–H groups in total. The van der Waals surface area contributed by atoms with Crippen LogP contribution in [0.2, 0.25) is 0 Å². The lowest BCUT2D eigenvalue weighted by molar-refractivity contribution is 0.0552. The van der Waals surface area contributed by atoms with Gasteiger partial charge in [0.1, 0.15) is 0 Å². The number of ether oxygens (including phenoxy) is 1. The number of hydrogen-bond donors (Lipinski definition) is 1. The maximum atomic E-state index is 13.1. The number of benzene rings is 2. The molecule has 2 unspecified atom stereocenters. The number of carbonyl (C=O) groups excluding carboxylic acids is 1. The van der Waals surface area contributed by atoms with E-state index in [-0.39, 0.29) is 18.2 Å². The Morgan fingerprint density at radius 1 is 1.00 bits per heavy atom. The van der Waals surface area contributed by atoms with E-state index < -0.39 is 10.0 Å². The Morgan fingerprint density at radius 2 is 1.73 bits per heavy atom. The smallest absolute Gasteiger partial charge is 0.410 e. The Labute approximate surface area is 197 Å². The molecule has 2 aromatic carbocycles. The molecule has 0 spiro atoms. The second-order valence-electron chi connectivity index (χ2n) is 9.40. The molecule has 2 aliphatic rings. The summed E-state index contributed by atoms with van der Waals surface area (Å²) in [6.07, 6.45) is 7.48. The molecule has 1 saturated heterocycles. The van der Waals surface area contributed by atoms with Crippen LogP contribution in [-0.2, 0) is 21.2 Å². The molecule has 2 atom stereocenters. The fourth-order valence-electron chi connectivity index (χ4n) is 5.15. The van der Waals surface area contributed by atoms with Gasteiger partial charge in [-0.25, -0.2) is 17.9 Å². The summed E-state index contributed by atoms with van der Waals surface area (Å²) in [6.45, 7) is 1.03. The second-order valence-corrected chi connectivity index (χ2v) is 11.2. The maximum Gasteiger partial charge on any atom is 0.410 e. The van der Waals surface area contributed by atoms with Gasteiger partial charge in [0.05, 0.1) is 18.9 Å². The SMILES string of the molecule is CS(=O)(=O)NC1CCCN(C(=O)OCC2CCCC2)C1Cc1cccc(-c2ccccc2)c1. The average molecular weight is 471 g/mol. The lowest BCUT2D eigenvalue weighted by atomic mass is 9.90. The summed E-state index contributed by atoms with van der Waals surface area (Å²) in [5.41, 5.74) is 3.30. The first-order valence-corrected chi connectivity index (χ1v) is 13.8. The summed E-state index contributed by atoms with van der Waals surface area (Å²) >= 11 is 0. The third-order valence-corrected chi connectivity index (χ3v) is 7.51. The van der Waals surface area contributed by atoms with E-state index in [1.165, 1.54) is 19.1 Å². The highest BCUT2D eigenvalue weighted by Crippen LogP contribution is 2.28. The van der Waals surface area contributed by atoms with E-state index in [1.54, 1.807) is 4.90 Å². The molecule has 0 bridgehead atoms. The Hall–Kier alpha value is -2.38. The van der Waals surface area contributed by atoms with Gasteiger partial charge in [0.25, 0.3) is 0 Å². The monoisotopic (exact) mass is 470 g/mol. The number of rotatable bonds is 7. The number of amides is 1. The van der Waals surface area contributed by atoms with Crippen LogP contribution < -0.4 is 4.72 Å². The Kier molecular flexibility index (Phi) is 7.71. The van der Waals surface area contributed by atoms with Crippen LogP contribution in [0.1, 0.15) is 44.1 Å². The molecule has 0 aromatic heterocycles. The van der Waals surface area contributed by atoms with E-state index in [2.05, 4.69) is 29.0 Å². The van der Waals surface area contributed by atoms with E-state index in [4.69, 9.17) is 4.74 Å². The number of carbonyl (C=O) groups is 1. The van der Waals surface area contributed by atoms with Gasteiger partial charge in [-0.1, -0.05) is 67.4 Å². The summed E-state index contributed by atoms with van der Waals surface area (Å²) in [5.74, 6) is 0.449. The van der Waals surface area contributed by atoms with E-state index in [0.717, 1.165) is 36.0 Å². The van der Waals surface area contributed by atoms with Crippen LogP contribution in [0.4, 0.5) is 4.79 Å². The topological polar surface area (TPSA) is 75.7 Å². The van der Waals surface area contributed by atoms with E-state index >= 15 is 0 Å². The first-order chi connectivity index (χ1) is 15.9. The predicted octanol–water partition coefficient (Wildman–Crippen LogP) is 4.61. The van der Waals surface area contributed by atoms with Gasteiger partial charge in [-0.2, -0.15) is 0 Å². The van der Waals surface area contributed by atoms with Crippen LogP contribution in [-0.4, -0.2) is 50.9 Å². The van der Waals surface area contributed by atoms with Crippen molar-refractivity contribution in [2.24, 2.45) is 5.92 Å². The quantitative estimate of drug-likeness (QED) is 0.641. The molecule has 6 nitrogen and oxygen atoms in total. The Morgan fingerprint density at radius 3 is 2.45 bits per heavy atom. The summed E-state index contributed by atoms with van der Waals surface area (Å²) in [5, 5.41) is 0. The first-order valence-electron chi connectivity index (χ1n) is 11.9. The van der Waals surface area contributed by atoms with Gasteiger partial charge < -0.3 is 9.64 Å². The van der Waals surface area contributed by atoms with Crippen molar-refractivity contribution in [1.29, 1.82) is 0 Å². The van der Waals surface area contributed by atoms with E-state index in [0.29, 0.717) is 31.9 Å². The van der Waals surface area contributed by atoms with Crippen molar-refractivity contribution in [3.8, 4) is 11.1 Å². The molecule has 1 saturated carbocycles. The van der Waals surface area contributed by atoms with Crippen molar-refractivity contribution in [1.82, 2.24) is 9.62 Å². The minimum atomic E-state index is -3.40. The Bertz CT molecular complexity index is 1040. The van der Waals surface area contributed by atoms with Crippen molar-refractivity contribution < 1.29 is 17.9 Å². The molecule has 1 heterocycles. The van der Waals surface area contributed by atoms with Crippen LogP contribution >= 0.6 is 0 Å². The zero-order valence-electron chi connectivity index (χ0n) is 19.3. The first kappa shape index (κ1) is 23.8. The molecule has 1 aliphatic heterocycles. The van der Waals surface area contributed by atoms with Gasteiger partial charge in [-0.3, -0.25) is 0 Å². The lowest BCUT2D eigenvalue weighted by Crippen LogP contribution is -2.58. The molecule has 1 aliphatic carbocycles. The third-order valence-electron chi connectivity index (χ3n) is 6.78. The van der Waals surface area contributed by atoms with Crippen molar-refractivity contribution in [3.63, 3.8) is 0 Å². The van der Waals surface area contributed by atoms with Crippen LogP contribution in [0.25, 0.3) is 11.1 Å². The number of likely N-dealkylation sites (tertiary alicyclic amines) is 1. The summed E-state index contributed by atoms with van der Waals surface area (Å²) < 4.78 is 32.6. The minimum absolute atomic E-state index is 0.296. The normalized spacial score (nSPS) is 21.8. The summed E-state index contributed by atoms with van der Waals surface area (Å²) in [4.78, 5) is 14.8. The lowest BCUT2D eigenvalue weighted by Gasteiger charge is -2.41. The molecule has 7 heteroatoms. The fraction of sp³-hybridized carbons (Fsp3) is 0.500. The maximum absolute atomic E-state index is 13.1. The van der Waals surface area contributed by atoms with Gasteiger partial charge >= 0.3 is 6.09 Å². The highest BCUT2D eigenvalue weighted by Gasteiger charge is 2.37. The molecule has 1 amide bonds. The minimum Gasteiger partial charge on any atom is -0.449 e. The molecule has 4 rings (SSSR count). The molecule has 33 heavy (non-hydrogen) atoms. The third kappa shape index (κ3) is 6.58. The largest absolute Gasteiger partial charge is 0.449 e. The van der Waals surface area contributed by atoms with Gasteiger partial charge in [-0.05, 0) is 54.7 Å². The number of nitrogens with one attached hydrogen (secondary N) is 1. The zero-order chi connectivity index (χ0) is 23.3. The molecule has 2 fully saturated rings. The van der Waals surface area contributed by atoms with E-state index in [9.17, 15) is 13.2 Å². The highest BCUT2D eigenvalue weighted by atomic mass is 32.2. The molecule has 2 aromatic rings. The van der Waals surface area contributed by atoms with Crippen LogP contribution in [0.15, 0.2) is 54.6 Å². The van der Waals surface area contributed by atoms with Crippen LogP contribution in [0, 0.1) is 5.92 Å². The zero-order valence-corrected chi connectivity index (χ0v) is 20.1. The summed E-state index contributed by atoms with van der Waals surface area (Å²) in [6, 6.07) is 17.8. The standard InChI is InChI=1S/C26H34N2O4S/c1-33(30,31)27-24-15-8-16-28(26(29)32-19-20-9-5-6-10-20)25(24)18-21-11-7-14-23(17-21)22-12-3-2-4-13-22/h2-4,7,11-14,17,20,24-25,27H,5-6,8-10,15-16,18-19H2,1H3. The fourth-order valence-corrected chi connectivity index (χ4v) is 5.97. The van der Waals surface area contributed by atoms with Crippen LogP contribution in [0.3, 0.4) is 0 Å². The van der Waals surface area contributed by atoms with Crippen molar-refractivity contribution in [2.45, 2.75) is 57.0 Å². The highest BCUT2D eigenvalue weighted by molar-refractivity contribution is 7.88. The summed E-state index contributed by atoms with van der Waals surface area (Å²) in [7, 11) is -3.40. The van der Waals surface area contributed by atoms with Crippen molar-refractivity contribution in [2.75, 3.05) is 19.4 Å². The molecule has 178 valence electrons. The van der Waals surface area contributed by atoms with Gasteiger partial charge in [0.2, 0.25) is 10.0 Å². The van der Waals surface area contributed by atoms with Crippen molar-refractivity contribution >= 4 is 16.1 Å². The van der Waals surface area contributed by atoms with Gasteiger partial charge in [0, 0.05) is 12.6 Å². The average Bonchev–Trinajstić information content (AvgIpc) is 3.32. The molecular formula is C26H34N2O4S. The van der Waals surface area contributed by atoms with Crippen LogP contribution in [0.5, 0.6) is 0 Å². The second kappa shape index (κ2) is 10.7.